The van der Waals surface area contributed by atoms with Crippen molar-refractivity contribution in [3.05, 3.63) is 42.5 Å². The van der Waals surface area contributed by atoms with E-state index in [2.05, 4.69) is 16.6 Å². The fourth-order valence-electron chi connectivity index (χ4n) is 1.89. The predicted octanol–water partition coefficient (Wildman–Crippen LogP) is 3.90. The molecule has 1 atom stereocenters. The summed E-state index contributed by atoms with van der Waals surface area (Å²) in [6, 6.07) is 6.91. The molecular weight excluding hydrogens is 236 g/mol. The van der Waals surface area contributed by atoms with Crippen molar-refractivity contribution < 1.29 is 13.5 Å². The van der Waals surface area contributed by atoms with Crippen LogP contribution in [0.25, 0.3) is 0 Å². The van der Waals surface area contributed by atoms with Gasteiger partial charge in [-0.15, -0.1) is 6.58 Å². The third-order valence-corrected chi connectivity index (χ3v) is 2.76. The van der Waals surface area contributed by atoms with Gasteiger partial charge in [0.25, 0.3) is 0 Å². The van der Waals surface area contributed by atoms with Crippen LogP contribution in [0.15, 0.2) is 36.9 Å². The maximum atomic E-state index is 12.3. The summed E-state index contributed by atoms with van der Waals surface area (Å²) in [7, 11) is 1.82. The SMILES string of the molecule is C=CCCCC(NC)c1ccccc1OC(F)F. The molecule has 1 aromatic rings. The predicted molar refractivity (Wildman–Crippen MR) is 68.9 cm³/mol. The van der Waals surface area contributed by atoms with Crippen molar-refractivity contribution in [3.8, 4) is 5.75 Å². The minimum Gasteiger partial charge on any atom is -0.434 e. The summed E-state index contributed by atoms with van der Waals surface area (Å²) in [5.41, 5.74) is 0.768. The highest BCUT2D eigenvalue weighted by atomic mass is 19.3. The fourth-order valence-corrected chi connectivity index (χ4v) is 1.89. The molecule has 100 valence electrons. The molecule has 0 radical (unpaired) electrons. The molecule has 2 nitrogen and oxygen atoms in total. The van der Waals surface area contributed by atoms with Crippen LogP contribution in [0.2, 0.25) is 0 Å². The Morgan fingerprint density at radius 1 is 1.39 bits per heavy atom. The lowest BCUT2D eigenvalue weighted by molar-refractivity contribution is -0.0507. The van der Waals surface area contributed by atoms with Crippen LogP contribution in [0.5, 0.6) is 5.75 Å². The summed E-state index contributed by atoms with van der Waals surface area (Å²) in [6.07, 6.45) is 4.58. The van der Waals surface area contributed by atoms with Gasteiger partial charge in [0.2, 0.25) is 0 Å². The van der Waals surface area contributed by atoms with Crippen LogP contribution < -0.4 is 10.1 Å². The second-order valence-corrected chi connectivity index (χ2v) is 3.98. The molecule has 0 fully saturated rings. The lowest BCUT2D eigenvalue weighted by atomic mass is 10.00. The molecule has 1 N–H and O–H groups in total. The number of unbranched alkanes of at least 4 members (excludes halogenated alkanes) is 1. The zero-order valence-electron chi connectivity index (χ0n) is 10.5. The monoisotopic (exact) mass is 255 g/mol. The van der Waals surface area contributed by atoms with Crippen molar-refractivity contribution in [2.24, 2.45) is 0 Å². The standard InChI is InChI=1S/C14H19F2NO/c1-3-4-5-9-12(17-2)11-8-6-7-10-13(11)18-14(15)16/h3,6-8,10,12,14,17H,1,4-5,9H2,2H3. The van der Waals surface area contributed by atoms with Gasteiger partial charge in [0.15, 0.2) is 0 Å². The molecule has 0 saturated heterocycles. The van der Waals surface area contributed by atoms with Gasteiger partial charge >= 0.3 is 6.61 Å². The quantitative estimate of drug-likeness (QED) is 0.562. The Hall–Kier alpha value is -1.42. The Balaban J connectivity index is 2.80. The van der Waals surface area contributed by atoms with Gasteiger partial charge in [-0.1, -0.05) is 24.3 Å². The maximum Gasteiger partial charge on any atom is 0.387 e. The molecule has 4 heteroatoms. The first-order chi connectivity index (χ1) is 8.69. The summed E-state index contributed by atoms with van der Waals surface area (Å²) in [5, 5.41) is 3.13. The van der Waals surface area contributed by atoms with E-state index in [0.29, 0.717) is 0 Å². The third kappa shape index (κ3) is 4.45. The van der Waals surface area contributed by atoms with Crippen LogP contribution in [0.1, 0.15) is 30.9 Å². The van der Waals surface area contributed by atoms with E-state index in [0.717, 1.165) is 24.8 Å². The second kappa shape index (κ2) is 7.82. The van der Waals surface area contributed by atoms with Crippen LogP contribution in [-0.4, -0.2) is 13.7 Å². The summed E-state index contributed by atoms with van der Waals surface area (Å²) < 4.78 is 29.2. The minimum atomic E-state index is -2.79. The molecule has 0 heterocycles. The summed E-state index contributed by atoms with van der Waals surface area (Å²) in [5.74, 6) is 0.241. The lowest BCUT2D eigenvalue weighted by Crippen LogP contribution is -2.18. The molecule has 0 amide bonds. The zero-order valence-corrected chi connectivity index (χ0v) is 10.5. The van der Waals surface area contributed by atoms with Gasteiger partial charge in [0, 0.05) is 11.6 Å². The van der Waals surface area contributed by atoms with Gasteiger partial charge < -0.3 is 10.1 Å². The number of rotatable bonds is 8. The molecule has 1 rings (SSSR count). The highest BCUT2D eigenvalue weighted by molar-refractivity contribution is 5.35. The van der Waals surface area contributed by atoms with Crippen LogP contribution in [0, 0.1) is 0 Å². The largest absolute Gasteiger partial charge is 0.434 e. The number of allylic oxidation sites excluding steroid dienone is 1. The van der Waals surface area contributed by atoms with E-state index in [9.17, 15) is 8.78 Å². The van der Waals surface area contributed by atoms with Gasteiger partial charge in [0.05, 0.1) is 0 Å². The van der Waals surface area contributed by atoms with Crippen molar-refractivity contribution in [1.82, 2.24) is 5.32 Å². The maximum absolute atomic E-state index is 12.3. The van der Waals surface area contributed by atoms with Crippen LogP contribution in [0.3, 0.4) is 0 Å². The molecule has 18 heavy (non-hydrogen) atoms. The smallest absolute Gasteiger partial charge is 0.387 e. The summed E-state index contributed by atoms with van der Waals surface area (Å²) >= 11 is 0. The lowest BCUT2D eigenvalue weighted by Gasteiger charge is -2.19. The fraction of sp³-hybridized carbons (Fsp3) is 0.429. The molecule has 1 unspecified atom stereocenters. The number of benzene rings is 1. The van der Waals surface area contributed by atoms with Crippen molar-refractivity contribution in [2.45, 2.75) is 31.9 Å². The van der Waals surface area contributed by atoms with Gasteiger partial charge in [-0.2, -0.15) is 8.78 Å². The molecule has 0 saturated carbocycles. The topological polar surface area (TPSA) is 21.3 Å². The first-order valence-corrected chi connectivity index (χ1v) is 6.01. The highest BCUT2D eigenvalue weighted by Crippen LogP contribution is 2.29. The number of nitrogens with one attached hydrogen (secondary N) is 1. The van der Waals surface area contributed by atoms with Gasteiger partial charge in [-0.3, -0.25) is 0 Å². The molecule has 0 bridgehead atoms. The van der Waals surface area contributed by atoms with E-state index in [1.165, 1.54) is 0 Å². The summed E-state index contributed by atoms with van der Waals surface area (Å²) in [6.45, 7) is 0.874. The van der Waals surface area contributed by atoms with E-state index in [1.54, 1.807) is 12.1 Å². The molecular formula is C14H19F2NO. The first-order valence-electron chi connectivity index (χ1n) is 6.01. The number of para-hydroxylation sites is 1. The minimum absolute atomic E-state index is 0.0138. The number of hydrogen-bond donors (Lipinski definition) is 1. The molecule has 0 spiro atoms. The van der Waals surface area contributed by atoms with Gasteiger partial charge in [-0.25, -0.2) is 0 Å². The summed E-state index contributed by atoms with van der Waals surface area (Å²) in [4.78, 5) is 0. The zero-order chi connectivity index (χ0) is 13.4. The number of alkyl halides is 2. The number of ether oxygens (including phenoxy) is 1. The second-order valence-electron chi connectivity index (χ2n) is 3.98. The van der Waals surface area contributed by atoms with Gasteiger partial charge in [-0.05, 0) is 32.4 Å². The highest BCUT2D eigenvalue weighted by Gasteiger charge is 2.16. The van der Waals surface area contributed by atoms with E-state index < -0.39 is 6.61 Å². The Labute approximate surface area is 107 Å². The normalized spacial score (nSPS) is 12.4. The van der Waals surface area contributed by atoms with Crippen LogP contribution in [-0.2, 0) is 0 Å². The Kier molecular flexibility index (Phi) is 6.36. The van der Waals surface area contributed by atoms with E-state index >= 15 is 0 Å². The average Bonchev–Trinajstić information content (AvgIpc) is 2.35. The number of halogens is 2. The first kappa shape index (κ1) is 14.6. The van der Waals surface area contributed by atoms with E-state index in [1.807, 2.05) is 25.3 Å². The third-order valence-electron chi connectivity index (χ3n) is 2.76. The van der Waals surface area contributed by atoms with Gasteiger partial charge in [0.1, 0.15) is 5.75 Å². The molecule has 1 aromatic carbocycles. The Bertz CT molecular complexity index is 369. The van der Waals surface area contributed by atoms with Crippen molar-refractivity contribution in [3.63, 3.8) is 0 Å². The number of hydrogen-bond acceptors (Lipinski definition) is 2. The molecule has 0 aliphatic heterocycles. The Morgan fingerprint density at radius 3 is 2.72 bits per heavy atom. The molecule has 0 aromatic heterocycles. The van der Waals surface area contributed by atoms with E-state index in [4.69, 9.17) is 0 Å². The van der Waals surface area contributed by atoms with Crippen LogP contribution >= 0.6 is 0 Å². The van der Waals surface area contributed by atoms with Crippen molar-refractivity contribution in [2.75, 3.05) is 7.05 Å². The molecule has 0 aliphatic carbocycles. The molecule has 0 aliphatic rings. The average molecular weight is 255 g/mol. The Morgan fingerprint density at radius 2 is 2.11 bits per heavy atom. The van der Waals surface area contributed by atoms with Crippen molar-refractivity contribution in [1.29, 1.82) is 0 Å². The van der Waals surface area contributed by atoms with E-state index in [-0.39, 0.29) is 11.8 Å². The van der Waals surface area contributed by atoms with Crippen LogP contribution in [0.4, 0.5) is 8.78 Å². The van der Waals surface area contributed by atoms with Crippen molar-refractivity contribution >= 4 is 0 Å².